The van der Waals surface area contributed by atoms with Crippen molar-refractivity contribution in [1.82, 2.24) is 0 Å². The fourth-order valence-corrected chi connectivity index (χ4v) is 3.69. The highest BCUT2D eigenvalue weighted by Gasteiger charge is 2.23. The van der Waals surface area contributed by atoms with E-state index in [0.717, 1.165) is 4.47 Å². The van der Waals surface area contributed by atoms with E-state index in [0.29, 0.717) is 16.7 Å². The number of methoxy groups -OCH3 is 1. The van der Waals surface area contributed by atoms with Crippen molar-refractivity contribution in [2.45, 2.75) is 9.79 Å². The largest absolute Gasteiger partial charge is 0.497 e. The summed E-state index contributed by atoms with van der Waals surface area (Å²) in [4.78, 5) is 11.7. The standard InChI is InChI=1S/C16H11BrO5S/c1-21-12-4-7-14-10(8-12)9-15(16(18)22-14)23(19,20)13-5-2-11(17)3-6-13/h2-9H,1H3. The van der Waals surface area contributed by atoms with E-state index < -0.39 is 20.4 Å². The molecular formula is C16H11BrO5S. The Morgan fingerprint density at radius 1 is 1.04 bits per heavy atom. The van der Waals surface area contributed by atoms with Crippen molar-refractivity contribution >= 4 is 36.7 Å². The quantitative estimate of drug-likeness (QED) is 0.636. The molecule has 0 bridgehead atoms. The number of ether oxygens (including phenoxy) is 1. The number of benzene rings is 2. The molecule has 118 valence electrons. The maximum atomic E-state index is 12.7. The molecular weight excluding hydrogens is 384 g/mol. The molecule has 0 aliphatic carbocycles. The number of sulfone groups is 1. The van der Waals surface area contributed by atoms with Crippen LogP contribution in [-0.2, 0) is 9.84 Å². The van der Waals surface area contributed by atoms with Crippen molar-refractivity contribution in [3.63, 3.8) is 0 Å². The van der Waals surface area contributed by atoms with E-state index in [4.69, 9.17) is 9.15 Å². The van der Waals surface area contributed by atoms with Gasteiger partial charge in [-0.3, -0.25) is 0 Å². The highest BCUT2D eigenvalue weighted by molar-refractivity contribution is 9.10. The molecule has 1 aromatic heterocycles. The Balaban J connectivity index is 2.23. The first kappa shape index (κ1) is 15.8. The molecule has 0 saturated carbocycles. The molecule has 0 aliphatic heterocycles. The van der Waals surface area contributed by atoms with E-state index >= 15 is 0 Å². The minimum absolute atomic E-state index is 0.0234. The van der Waals surface area contributed by atoms with Crippen molar-refractivity contribution < 1.29 is 17.6 Å². The maximum Gasteiger partial charge on any atom is 0.355 e. The third-order valence-electron chi connectivity index (χ3n) is 3.32. The number of fused-ring (bicyclic) bond motifs is 1. The minimum atomic E-state index is -3.97. The molecule has 2 aromatic carbocycles. The van der Waals surface area contributed by atoms with E-state index in [1.807, 2.05) is 0 Å². The third-order valence-corrected chi connectivity index (χ3v) is 5.61. The van der Waals surface area contributed by atoms with E-state index in [1.165, 1.54) is 25.3 Å². The summed E-state index contributed by atoms with van der Waals surface area (Å²) in [6.45, 7) is 0. The first-order valence-electron chi connectivity index (χ1n) is 6.54. The van der Waals surface area contributed by atoms with Gasteiger partial charge in [-0.25, -0.2) is 13.2 Å². The zero-order chi connectivity index (χ0) is 16.6. The Morgan fingerprint density at radius 3 is 2.39 bits per heavy atom. The van der Waals surface area contributed by atoms with Crippen molar-refractivity contribution in [1.29, 1.82) is 0 Å². The second-order valence-corrected chi connectivity index (χ2v) is 7.59. The lowest BCUT2D eigenvalue weighted by Gasteiger charge is -2.06. The van der Waals surface area contributed by atoms with Crippen LogP contribution in [0.5, 0.6) is 5.75 Å². The molecule has 5 nitrogen and oxygen atoms in total. The highest BCUT2D eigenvalue weighted by Crippen LogP contribution is 2.25. The molecule has 7 heteroatoms. The van der Waals surface area contributed by atoms with E-state index in [2.05, 4.69) is 15.9 Å². The summed E-state index contributed by atoms with van der Waals surface area (Å²) in [5.74, 6) is 0.540. The van der Waals surface area contributed by atoms with Crippen LogP contribution in [0.2, 0.25) is 0 Å². The Kier molecular flexibility index (Phi) is 3.99. The zero-order valence-electron chi connectivity index (χ0n) is 11.9. The number of hydrogen-bond donors (Lipinski definition) is 0. The molecule has 0 spiro atoms. The predicted octanol–water partition coefficient (Wildman–Crippen LogP) is 3.40. The fraction of sp³-hybridized carbons (Fsp3) is 0.0625. The van der Waals surface area contributed by atoms with Crippen LogP contribution in [0.3, 0.4) is 0 Å². The molecule has 1 heterocycles. The van der Waals surface area contributed by atoms with Gasteiger partial charge in [0.25, 0.3) is 0 Å². The van der Waals surface area contributed by atoms with Crippen molar-refractivity contribution in [3.05, 3.63) is 63.4 Å². The van der Waals surface area contributed by atoms with Gasteiger partial charge in [0, 0.05) is 9.86 Å². The number of hydrogen-bond acceptors (Lipinski definition) is 5. The van der Waals surface area contributed by atoms with Gasteiger partial charge < -0.3 is 9.15 Å². The Labute approximate surface area is 140 Å². The van der Waals surface area contributed by atoms with Gasteiger partial charge in [-0.1, -0.05) is 15.9 Å². The molecule has 0 N–H and O–H groups in total. The molecule has 0 fully saturated rings. The number of halogens is 1. The van der Waals surface area contributed by atoms with Gasteiger partial charge in [0.1, 0.15) is 11.3 Å². The predicted molar refractivity (Wildman–Crippen MR) is 88.6 cm³/mol. The topological polar surface area (TPSA) is 73.6 Å². The van der Waals surface area contributed by atoms with Gasteiger partial charge in [0.15, 0.2) is 4.90 Å². The highest BCUT2D eigenvalue weighted by atomic mass is 79.9. The number of rotatable bonds is 3. The van der Waals surface area contributed by atoms with Gasteiger partial charge in [0.2, 0.25) is 9.84 Å². The normalized spacial score (nSPS) is 11.6. The Bertz CT molecular complexity index is 1040. The molecule has 3 rings (SSSR count). The van der Waals surface area contributed by atoms with Gasteiger partial charge in [-0.05, 0) is 48.5 Å². The summed E-state index contributed by atoms with van der Waals surface area (Å²) in [6.07, 6.45) is 0. The van der Waals surface area contributed by atoms with E-state index in [9.17, 15) is 13.2 Å². The van der Waals surface area contributed by atoms with Crippen LogP contribution in [0, 0.1) is 0 Å². The van der Waals surface area contributed by atoms with Gasteiger partial charge >= 0.3 is 5.63 Å². The minimum Gasteiger partial charge on any atom is -0.497 e. The molecule has 3 aromatic rings. The Morgan fingerprint density at radius 2 is 1.74 bits per heavy atom. The van der Waals surface area contributed by atoms with Gasteiger partial charge in [-0.2, -0.15) is 0 Å². The van der Waals surface area contributed by atoms with E-state index in [1.54, 1.807) is 30.3 Å². The average molecular weight is 395 g/mol. The fourth-order valence-electron chi connectivity index (χ4n) is 2.14. The van der Waals surface area contributed by atoms with Crippen molar-refractivity contribution in [2.24, 2.45) is 0 Å². The van der Waals surface area contributed by atoms with Crippen molar-refractivity contribution in [2.75, 3.05) is 7.11 Å². The maximum absolute atomic E-state index is 12.7. The van der Waals surface area contributed by atoms with Crippen LogP contribution in [-0.4, -0.2) is 15.5 Å². The molecule has 23 heavy (non-hydrogen) atoms. The zero-order valence-corrected chi connectivity index (χ0v) is 14.3. The van der Waals surface area contributed by atoms with E-state index in [-0.39, 0.29) is 4.90 Å². The molecule has 0 radical (unpaired) electrons. The average Bonchev–Trinajstić information content (AvgIpc) is 2.54. The molecule has 0 aliphatic rings. The molecule has 0 saturated heterocycles. The van der Waals surface area contributed by atoms with Crippen molar-refractivity contribution in [3.8, 4) is 5.75 Å². The molecule has 0 atom stereocenters. The van der Waals surface area contributed by atoms with Crippen LogP contribution in [0.1, 0.15) is 0 Å². The third kappa shape index (κ3) is 2.89. The SMILES string of the molecule is COc1ccc2oc(=O)c(S(=O)(=O)c3ccc(Br)cc3)cc2c1. The van der Waals surface area contributed by atoms with Crippen LogP contribution in [0.25, 0.3) is 11.0 Å². The van der Waals surface area contributed by atoms with Gasteiger partial charge in [-0.15, -0.1) is 0 Å². The monoisotopic (exact) mass is 394 g/mol. The van der Waals surface area contributed by atoms with Gasteiger partial charge in [0.05, 0.1) is 12.0 Å². The summed E-state index contributed by atoms with van der Waals surface area (Å²) in [6, 6.07) is 12.2. The van der Waals surface area contributed by atoms with Crippen LogP contribution < -0.4 is 10.4 Å². The van der Waals surface area contributed by atoms with Crippen LogP contribution in [0.15, 0.2) is 72.0 Å². The second-order valence-electron chi connectivity index (χ2n) is 4.76. The first-order valence-corrected chi connectivity index (χ1v) is 8.82. The lowest BCUT2D eigenvalue weighted by atomic mass is 10.2. The lowest BCUT2D eigenvalue weighted by Crippen LogP contribution is -2.14. The summed E-state index contributed by atoms with van der Waals surface area (Å²) in [7, 11) is -2.47. The summed E-state index contributed by atoms with van der Waals surface area (Å²) >= 11 is 3.24. The smallest absolute Gasteiger partial charge is 0.355 e. The second kappa shape index (κ2) is 5.82. The first-order chi connectivity index (χ1) is 10.9. The Hall–Kier alpha value is -2.12. The van der Waals surface area contributed by atoms with Crippen LogP contribution >= 0.6 is 15.9 Å². The molecule has 0 amide bonds. The summed E-state index contributed by atoms with van der Waals surface area (Å²) in [5.41, 5.74) is -0.601. The van der Waals surface area contributed by atoms with Crippen LogP contribution in [0.4, 0.5) is 0 Å². The summed E-state index contributed by atoms with van der Waals surface area (Å²) in [5, 5.41) is 0.472. The molecule has 0 unspecified atom stereocenters. The summed E-state index contributed by atoms with van der Waals surface area (Å²) < 4.78 is 36.3. The lowest BCUT2D eigenvalue weighted by molar-refractivity contribution is 0.415.